The molecular weight excluding hydrogens is 333 g/mol. The Morgan fingerprint density at radius 3 is 2.32 bits per heavy atom. The molecule has 0 spiro atoms. The second kappa shape index (κ2) is 9.29. The summed E-state index contributed by atoms with van der Waals surface area (Å²) in [6, 6.07) is 5.02. The van der Waals surface area contributed by atoms with Crippen LogP contribution in [0.5, 0.6) is 0 Å². The highest BCUT2D eigenvalue weighted by molar-refractivity contribution is 5.86. The van der Waals surface area contributed by atoms with Crippen molar-refractivity contribution in [3.05, 3.63) is 35.4 Å². The van der Waals surface area contributed by atoms with Gasteiger partial charge in [0.05, 0.1) is 18.7 Å². The number of alkyl halides is 3. The summed E-state index contributed by atoms with van der Waals surface area (Å²) < 4.78 is 37.7. The van der Waals surface area contributed by atoms with Crippen molar-refractivity contribution in [2.75, 3.05) is 20.6 Å². The zero-order valence-electron chi connectivity index (χ0n) is 14.9. The topological polar surface area (TPSA) is 56.7 Å². The van der Waals surface area contributed by atoms with Crippen molar-refractivity contribution in [2.45, 2.75) is 39.0 Å². The third-order valence-corrected chi connectivity index (χ3v) is 3.60. The van der Waals surface area contributed by atoms with Crippen molar-refractivity contribution >= 4 is 11.9 Å². The summed E-state index contributed by atoms with van der Waals surface area (Å²) in [6.45, 7) is 4.28. The monoisotopic (exact) mass is 358 g/mol. The fraction of sp³-hybridized carbons (Fsp3) is 0.529. The molecule has 1 amide bonds. The molecule has 1 aromatic carbocycles. The van der Waals surface area contributed by atoms with Gasteiger partial charge in [-0.15, -0.1) is 0 Å². The molecule has 2 N–H and O–H groups in total. The maximum absolute atomic E-state index is 12.6. The van der Waals surface area contributed by atoms with Gasteiger partial charge < -0.3 is 15.5 Å². The van der Waals surface area contributed by atoms with E-state index >= 15 is 0 Å². The number of aliphatic imine (C=N–C) groups is 1. The molecule has 0 aliphatic rings. The Balaban J connectivity index is 2.77. The molecular formula is C17H25F3N4O. The van der Waals surface area contributed by atoms with Gasteiger partial charge in [0, 0.05) is 20.1 Å². The lowest BCUT2D eigenvalue weighted by Crippen LogP contribution is -2.45. The van der Waals surface area contributed by atoms with E-state index in [1.165, 1.54) is 17.0 Å². The predicted molar refractivity (Wildman–Crippen MR) is 92.2 cm³/mol. The van der Waals surface area contributed by atoms with Crippen molar-refractivity contribution in [3.63, 3.8) is 0 Å². The molecule has 8 heteroatoms. The van der Waals surface area contributed by atoms with Crippen LogP contribution in [0.3, 0.4) is 0 Å². The van der Waals surface area contributed by atoms with Gasteiger partial charge in [0.25, 0.3) is 0 Å². The van der Waals surface area contributed by atoms with Crippen molar-refractivity contribution < 1.29 is 18.0 Å². The van der Waals surface area contributed by atoms with Crippen LogP contribution in [-0.4, -0.2) is 43.4 Å². The summed E-state index contributed by atoms with van der Waals surface area (Å²) in [4.78, 5) is 17.5. The second-order valence-electron chi connectivity index (χ2n) is 5.95. The van der Waals surface area contributed by atoms with Gasteiger partial charge in [-0.05, 0) is 31.0 Å². The number of likely N-dealkylation sites (N-methyl/N-ethyl adjacent to an activating group) is 1. The van der Waals surface area contributed by atoms with Crippen LogP contribution in [0.25, 0.3) is 0 Å². The molecule has 140 valence electrons. The molecule has 0 heterocycles. The number of guanidine groups is 1. The highest BCUT2D eigenvalue weighted by atomic mass is 19.4. The van der Waals surface area contributed by atoms with Gasteiger partial charge in [-0.2, -0.15) is 13.2 Å². The molecule has 0 saturated carbocycles. The molecule has 1 aromatic rings. The number of hydrogen-bond donors (Lipinski definition) is 2. The third-order valence-electron chi connectivity index (χ3n) is 3.60. The first-order valence-electron chi connectivity index (χ1n) is 8.04. The number of halogens is 3. The van der Waals surface area contributed by atoms with E-state index in [1.54, 1.807) is 14.1 Å². The van der Waals surface area contributed by atoms with Crippen LogP contribution >= 0.6 is 0 Å². The van der Waals surface area contributed by atoms with Crippen molar-refractivity contribution in [3.8, 4) is 0 Å². The van der Waals surface area contributed by atoms with Crippen LogP contribution in [-0.2, 0) is 17.5 Å². The number of benzene rings is 1. The minimum Gasteiger partial charge on any atom is -0.354 e. The zero-order chi connectivity index (χ0) is 19.0. The molecule has 0 aliphatic carbocycles. The summed E-state index contributed by atoms with van der Waals surface area (Å²) in [5, 5.41) is 6.09. The van der Waals surface area contributed by atoms with E-state index in [9.17, 15) is 18.0 Å². The van der Waals surface area contributed by atoms with Crippen molar-refractivity contribution in [2.24, 2.45) is 4.99 Å². The normalized spacial score (nSPS) is 13.3. The summed E-state index contributed by atoms with van der Waals surface area (Å²) in [5.74, 6) is 0.345. The zero-order valence-corrected chi connectivity index (χ0v) is 14.9. The quantitative estimate of drug-likeness (QED) is 0.607. The van der Waals surface area contributed by atoms with Gasteiger partial charge >= 0.3 is 6.18 Å². The number of carbonyl (C=O) groups is 1. The van der Waals surface area contributed by atoms with E-state index in [1.807, 2.05) is 13.8 Å². The van der Waals surface area contributed by atoms with Crippen LogP contribution in [0.2, 0.25) is 0 Å². The molecule has 0 aromatic heterocycles. The maximum atomic E-state index is 12.6. The Hall–Kier alpha value is -2.25. The molecule has 0 aliphatic heterocycles. The highest BCUT2D eigenvalue weighted by Crippen LogP contribution is 2.29. The fourth-order valence-electron chi connectivity index (χ4n) is 1.77. The molecule has 1 atom stereocenters. The lowest BCUT2D eigenvalue weighted by Gasteiger charge is -2.18. The van der Waals surface area contributed by atoms with Gasteiger partial charge in [0.2, 0.25) is 5.91 Å². The second-order valence-corrected chi connectivity index (χ2v) is 5.95. The Kier molecular flexibility index (Phi) is 7.73. The Morgan fingerprint density at radius 2 is 1.84 bits per heavy atom. The fourth-order valence-corrected chi connectivity index (χ4v) is 1.77. The van der Waals surface area contributed by atoms with E-state index in [0.717, 1.165) is 18.6 Å². The first-order valence-corrected chi connectivity index (χ1v) is 8.04. The number of rotatable bonds is 6. The average Bonchev–Trinajstić information content (AvgIpc) is 2.56. The largest absolute Gasteiger partial charge is 0.416 e. The summed E-state index contributed by atoms with van der Waals surface area (Å²) in [6.07, 6.45) is -3.48. The van der Waals surface area contributed by atoms with Crippen molar-refractivity contribution in [1.29, 1.82) is 0 Å². The minimum atomic E-state index is -4.35. The molecule has 0 bridgehead atoms. The molecule has 0 radical (unpaired) electrons. The molecule has 0 saturated heterocycles. The molecule has 5 nitrogen and oxygen atoms in total. The number of nitrogens with zero attached hydrogens (tertiary/aromatic N) is 2. The van der Waals surface area contributed by atoms with Gasteiger partial charge in [0.1, 0.15) is 0 Å². The number of amides is 1. The van der Waals surface area contributed by atoms with Crippen LogP contribution in [0.4, 0.5) is 13.2 Å². The van der Waals surface area contributed by atoms with Gasteiger partial charge in [0.15, 0.2) is 5.96 Å². The van der Waals surface area contributed by atoms with E-state index in [0.29, 0.717) is 11.5 Å². The van der Waals surface area contributed by atoms with Crippen LogP contribution < -0.4 is 10.6 Å². The van der Waals surface area contributed by atoms with Crippen LogP contribution in [0.15, 0.2) is 29.3 Å². The van der Waals surface area contributed by atoms with Crippen LogP contribution in [0.1, 0.15) is 31.4 Å². The van der Waals surface area contributed by atoms with E-state index in [2.05, 4.69) is 15.6 Å². The Bertz CT molecular complexity index is 583. The molecule has 1 rings (SSSR count). The van der Waals surface area contributed by atoms with Gasteiger partial charge in [-0.3, -0.25) is 4.79 Å². The summed E-state index contributed by atoms with van der Waals surface area (Å²) in [5.41, 5.74) is -0.0370. The van der Waals surface area contributed by atoms with Gasteiger partial charge in [-0.25, -0.2) is 4.99 Å². The van der Waals surface area contributed by atoms with Gasteiger partial charge in [-0.1, -0.05) is 19.1 Å². The maximum Gasteiger partial charge on any atom is 0.416 e. The first-order chi connectivity index (χ1) is 11.6. The van der Waals surface area contributed by atoms with Crippen molar-refractivity contribution in [1.82, 2.24) is 15.5 Å². The summed E-state index contributed by atoms with van der Waals surface area (Å²) >= 11 is 0. The van der Waals surface area contributed by atoms with E-state index in [4.69, 9.17) is 0 Å². The number of hydrogen-bond acceptors (Lipinski definition) is 2. The number of nitrogens with one attached hydrogen (secondary N) is 2. The summed E-state index contributed by atoms with van der Waals surface area (Å²) in [7, 11) is 3.32. The average molecular weight is 358 g/mol. The highest BCUT2D eigenvalue weighted by Gasteiger charge is 2.29. The predicted octanol–water partition coefficient (Wildman–Crippen LogP) is 2.63. The molecule has 25 heavy (non-hydrogen) atoms. The Labute approximate surface area is 146 Å². The van der Waals surface area contributed by atoms with E-state index < -0.39 is 11.7 Å². The molecule has 1 unspecified atom stereocenters. The standard InChI is InChI=1S/C17H25F3N4O/c1-5-12(2)23-16(22-11-15(25)24(3)4)21-10-13-6-8-14(9-7-13)17(18,19)20/h6-9,12H,5,10-11H2,1-4H3,(H2,21,22,23). The minimum absolute atomic E-state index is 0.0856. The SMILES string of the molecule is CCC(C)NC(=NCc1ccc(C(F)(F)F)cc1)NCC(=O)N(C)C. The smallest absolute Gasteiger partial charge is 0.354 e. The first kappa shape index (κ1) is 20.8. The lowest BCUT2D eigenvalue weighted by atomic mass is 10.1. The van der Waals surface area contributed by atoms with Crippen LogP contribution in [0, 0.1) is 0 Å². The molecule has 0 fully saturated rings. The van der Waals surface area contributed by atoms with E-state index in [-0.39, 0.29) is 25.0 Å². The lowest BCUT2D eigenvalue weighted by molar-refractivity contribution is -0.137. The number of carbonyl (C=O) groups excluding carboxylic acids is 1. The third kappa shape index (κ3) is 7.45. The Morgan fingerprint density at radius 1 is 1.24 bits per heavy atom.